The summed E-state index contributed by atoms with van der Waals surface area (Å²) < 4.78 is 45.0. The summed E-state index contributed by atoms with van der Waals surface area (Å²) in [4.78, 5) is 15.9. The Labute approximate surface area is 194 Å². The quantitative estimate of drug-likeness (QED) is 0.204. The van der Waals surface area contributed by atoms with Gasteiger partial charge in [-0.25, -0.2) is 19.6 Å². The molecular formula is C17H25F3IN9O. The fraction of sp³-hybridized carbons (Fsp3) is 0.588. The van der Waals surface area contributed by atoms with E-state index in [2.05, 4.69) is 41.0 Å². The molecule has 3 heterocycles. The van der Waals surface area contributed by atoms with Gasteiger partial charge in [-0.2, -0.15) is 18.3 Å². The predicted molar refractivity (Wildman–Crippen MR) is 118 cm³/mol. The van der Waals surface area contributed by atoms with Crippen molar-refractivity contribution in [2.45, 2.75) is 38.2 Å². The van der Waals surface area contributed by atoms with Crippen molar-refractivity contribution in [2.24, 2.45) is 4.99 Å². The molecule has 3 rings (SSSR count). The van der Waals surface area contributed by atoms with Crippen LogP contribution in [0.3, 0.4) is 0 Å². The lowest BCUT2D eigenvalue weighted by Gasteiger charge is -2.25. The number of anilines is 1. The van der Waals surface area contributed by atoms with Gasteiger partial charge in [0.15, 0.2) is 11.8 Å². The zero-order valence-electron chi connectivity index (χ0n) is 17.1. The minimum absolute atomic E-state index is 0. The van der Waals surface area contributed by atoms with Gasteiger partial charge in [-0.1, -0.05) is 0 Å². The van der Waals surface area contributed by atoms with Crippen LogP contribution in [0.2, 0.25) is 0 Å². The molecule has 2 aromatic heterocycles. The lowest BCUT2D eigenvalue weighted by molar-refractivity contribution is -0.141. The molecule has 0 spiro atoms. The van der Waals surface area contributed by atoms with E-state index in [9.17, 15) is 13.2 Å². The van der Waals surface area contributed by atoms with Crippen LogP contribution in [0.5, 0.6) is 0 Å². The molecule has 172 valence electrons. The fourth-order valence-electron chi connectivity index (χ4n) is 3.01. The van der Waals surface area contributed by atoms with Crippen molar-refractivity contribution in [1.29, 1.82) is 0 Å². The number of aliphatic imine (C=N–C) groups is 1. The monoisotopic (exact) mass is 555 g/mol. The van der Waals surface area contributed by atoms with Gasteiger partial charge in [-0.3, -0.25) is 4.99 Å². The zero-order chi connectivity index (χ0) is 21.6. The van der Waals surface area contributed by atoms with E-state index in [0.717, 1.165) is 30.9 Å². The Kier molecular flexibility index (Phi) is 9.21. The highest BCUT2D eigenvalue weighted by molar-refractivity contribution is 14.0. The van der Waals surface area contributed by atoms with E-state index in [0.29, 0.717) is 38.0 Å². The van der Waals surface area contributed by atoms with Crippen LogP contribution in [0.1, 0.15) is 23.8 Å². The SMILES string of the molecule is CN=C(NCCNc1nccc(C(F)(F)F)n1)NC1CCc2nc(COC)nn2C1.I. The minimum atomic E-state index is -4.50. The van der Waals surface area contributed by atoms with E-state index in [-0.39, 0.29) is 36.0 Å². The highest BCUT2D eigenvalue weighted by Gasteiger charge is 2.32. The average Bonchev–Trinajstić information content (AvgIpc) is 3.12. The molecular weight excluding hydrogens is 530 g/mol. The molecule has 0 radical (unpaired) electrons. The highest BCUT2D eigenvalue weighted by Crippen LogP contribution is 2.27. The van der Waals surface area contributed by atoms with Crippen LogP contribution >= 0.6 is 24.0 Å². The summed E-state index contributed by atoms with van der Waals surface area (Å²) in [6, 6.07) is 0.957. The van der Waals surface area contributed by atoms with Gasteiger partial charge >= 0.3 is 6.18 Å². The summed E-state index contributed by atoms with van der Waals surface area (Å²) in [6.07, 6.45) is -1.76. The molecule has 1 aliphatic heterocycles. The number of hydrogen-bond acceptors (Lipinski definition) is 7. The number of aryl methyl sites for hydroxylation is 1. The van der Waals surface area contributed by atoms with E-state index >= 15 is 0 Å². The zero-order valence-corrected chi connectivity index (χ0v) is 19.4. The van der Waals surface area contributed by atoms with Gasteiger partial charge in [0.25, 0.3) is 0 Å². The molecule has 2 aromatic rings. The van der Waals surface area contributed by atoms with Crippen molar-refractivity contribution < 1.29 is 17.9 Å². The molecule has 0 saturated heterocycles. The summed E-state index contributed by atoms with van der Waals surface area (Å²) in [7, 11) is 3.26. The van der Waals surface area contributed by atoms with Crippen LogP contribution in [0.15, 0.2) is 17.3 Å². The number of nitrogens with zero attached hydrogens (tertiary/aromatic N) is 6. The summed E-state index contributed by atoms with van der Waals surface area (Å²) >= 11 is 0. The third-order valence-corrected chi connectivity index (χ3v) is 4.39. The topological polar surface area (TPSA) is 114 Å². The second-order valence-electron chi connectivity index (χ2n) is 6.63. The largest absolute Gasteiger partial charge is 0.433 e. The minimum Gasteiger partial charge on any atom is -0.377 e. The van der Waals surface area contributed by atoms with Crippen LogP contribution < -0.4 is 16.0 Å². The molecule has 0 amide bonds. The summed E-state index contributed by atoms with van der Waals surface area (Å²) in [6.45, 7) is 1.77. The van der Waals surface area contributed by atoms with Crippen molar-refractivity contribution >= 4 is 35.9 Å². The lowest BCUT2D eigenvalue weighted by atomic mass is 10.1. The first-order valence-corrected chi connectivity index (χ1v) is 9.42. The number of fused-ring (bicyclic) bond motifs is 1. The first kappa shape index (κ1) is 25.0. The molecule has 10 nitrogen and oxygen atoms in total. The van der Waals surface area contributed by atoms with Gasteiger partial charge in [-0.05, 0) is 12.5 Å². The number of nitrogens with one attached hydrogen (secondary N) is 3. The molecule has 0 aromatic carbocycles. The number of aromatic nitrogens is 5. The highest BCUT2D eigenvalue weighted by atomic mass is 127. The third-order valence-electron chi connectivity index (χ3n) is 4.39. The van der Waals surface area contributed by atoms with Crippen LogP contribution in [0, 0.1) is 0 Å². The van der Waals surface area contributed by atoms with Crippen molar-refractivity contribution in [3.05, 3.63) is 29.6 Å². The maximum atomic E-state index is 12.7. The number of guanidine groups is 1. The molecule has 1 aliphatic rings. The van der Waals surface area contributed by atoms with Crippen molar-refractivity contribution in [3.8, 4) is 0 Å². The Morgan fingerprint density at radius 3 is 2.84 bits per heavy atom. The normalized spacial score (nSPS) is 16.3. The maximum absolute atomic E-state index is 12.7. The van der Waals surface area contributed by atoms with Crippen molar-refractivity contribution in [2.75, 3.05) is 32.6 Å². The lowest BCUT2D eigenvalue weighted by Crippen LogP contribution is -2.48. The molecule has 1 unspecified atom stereocenters. The Morgan fingerprint density at radius 2 is 2.13 bits per heavy atom. The second kappa shape index (κ2) is 11.4. The second-order valence-corrected chi connectivity index (χ2v) is 6.63. The molecule has 0 saturated carbocycles. The number of methoxy groups -OCH3 is 1. The number of rotatable bonds is 7. The Balaban J connectivity index is 0.00000341. The number of halogens is 4. The van der Waals surface area contributed by atoms with E-state index in [1.54, 1.807) is 14.2 Å². The Hall–Kier alpha value is -2.23. The Bertz CT molecular complexity index is 875. The van der Waals surface area contributed by atoms with Crippen LogP contribution in [-0.4, -0.2) is 64.0 Å². The van der Waals surface area contributed by atoms with Gasteiger partial charge in [0, 0.05) is 45.9 Å². The fourth-order valence-corrected chi connectivity index (χ4v) is 3.01. The van der Waals surface area contributed by atoms with Crippen molar-refractivity contribution in [3.63, 3.8) is 0 Å². The van der Waals surface area contributed by atoms with E-state index in [4.69, 9.17) is 4.74 Å². The average molecular weight is 555 g/mol. The van der Waals surface area contributed by atoms with Gasteiger partial charge in [0.1, 0.15) is 18.1 Å². The molecule has 31 heavy (non-hydrogen) atoms. The van der Waals surface area contributed by atoms with E-state index in [1.165, 1.54) is 0 Å². The standard InChI is InChI=1S/C17H24F3N9O.HI/c1-21-15(23-7-8-24-16-22-6-5-12(26-16)17(18,19)20)25-11-3-4-14-27-13(10-30-2)28-29(14)9-11;/h5-6,11H,3-4,7-10H2,1-2H3,(H2,21,23,25)(H,22,24,26);1H. The molecule has 3 N–H and O–H groups in total. The van der Waals surface area contributed by atoms with E-state index in [1.807, 2.05) is 4.68 Å². The van der Waals surface area contributed by atoms with Crippen LogP contribution in [0.25, 0.3) is 0 Å². The first-order chi connectivity index (χ1) is 14.4. The number of ether oxygens (including phenoxy) is 1. The number of alkyl halides is 3. The molecule has 0 aliphatic carbocycles. The Morgan fingerprint density at radius 1 is 1.32 bits per heavy atom. The van der Waals surface area contributed by atoms with Gasteiger partial charge in [-0.15, -0.1) is 24.0 Å². The first-order valence-electron chi connectivity index (χ1n) is 9.42. The van der Waals surface area contributed by atoms with Crippen molar-refractivity contribution in [1.82, 2.24) is 35.4 Å². The number of hydrogen-bond donors (Lipinski definition) is 3. The van der Waals surface area contributed by atoms with Gasteiger partial charge < -0.3 is 20.7 Å². The molecule has 0 fully saturated rings. The summed E-state index contributed by atoms with van der Waals surface area (Å²) in [5.74, 6) is 2.12. The third kappa shape index (κ3) is 7.15. The predicted octanol–water partition coefficient (Wildman–Crippen LogP) is 1.44. The summed E-state index contributed by atoms with van der Waals surface area (Å²) in [5, 5.41) is 13.6. The van der Waals surface area contributed by atoms with Crippen LogP contribution in [-0.2, 0) is 30.5 Å². The van der Waals surface area contributed by atoms with Gasteiger partial charge in [0.2, 0.25) is 5.95 Å². The smallest absolute Gasteiger partial charge is 0.377 e. The molecule has 14 heteroatoms. The molecule has 0 bridgehead atoms. The van der Waals surface area contributed by atoms with E-state index < -0.39 is 11.9 Å². The molecule has 1 atom stereocenters. The van der Waals surface area contributed by atoms with Crippen LogP contribution in [0.4, 0.5) is 19.1 Å². The van der Waals surface area contributed by atoms with Gasteiger partial charge in [0.05, 0.1) is 6.54 Å². The maximum Gasteiger partial charge on any atom is 0.433 e. The summed E-state index contributed by atoms with van der Waals surface area (Å²) in [5.41, 5.74) is -0.983.